The molecule has 0 spiro atoms. The van der Waals surface area contributed by atoms with Crippen molar-refractivity contribution >= 4 is 22.2 Å². The number of methoxy groups -OCH3 is 1. The number of pyridine rings is 1. The number of thiophene rings is 1. The van der Waals surface area contributed by atoms with Gasteiger partial charge >= 0.3 is 0 Å². The smallest absolute Gasteiger partial charge is 0.119 e. The maximum Gasteiger partial charge on any atom is 0.119 e. The minimum Gasteiger partial charge on any atom is -0.497 e. The fourth-order valence-electron chi connectivity index (χ4n) is 3.33. The molecule has 3 nitrogen and oxygen atoms in total. The number of fused-ring (bicyclic) bond motifs is 1. The fraction of sp³-hybridized carbons (Fsp3) is 0.350. The lowest BCUT2D eigenvalue weighted by atomic mass is 10.1. The number of aromatic nitrogens is 1. The van der Waals surface area contributed by atoms with Gasteiger partial charge in [0.15, 0.2) is 0 Å². The van der Waals surface area contributed by atoms with Gasteiger partial charge in [0.05, 0.1) is 18.3 Å². The Bertz CT molecular complexity index is 837. The van der Waals surface area contributed by atoms with E-state index in [4.69, 9.17) is 9.72 Å². The van der Waals surface area contributed by atoms with Gasteiger partial charge in [0.1, 0.15) is 5.75 Å². The number of hydrogen-bond acceptors (Lipinski definition) is 4. The number of rotatable bonds is 4. The van der Waals surface area contributed by atoms with E-state index in [9.17, 15) is 0 Å². The van der Waals surface area contributed by atoms with Crippen molar-refractivity contribution in [3.8, 4) is 17.0 Å². The lowest BCUT2D eigenvalue weighted by Gasteiger charge is -2.25. The highest BCUT2D eigenvalue weighted by atomic mass is 32.1. The molecule has 124 valence electrons. The summed E-state index contributed by atoms with van der Waals surface area (Å²) in [5.74, 6) is 0.872. The molecule has 1 aliphatic heterocycles. The van der Waals surface area contributed by atoms with Gasteiger partial charge in [-0.2, -0.15) is 0 Å². The SMILES string of the molecule is COc1ccc2nc(-c3csc(CN4CCCCC4)c3)ccc2c1. The van der Waals surface area contributed by atoms with Gasteiger partial charge in [-0.15, -0.1) is 11.3 Å². The second kappa shape index (κ2) is 6.91. The number of nitrogens with zero attached hydrogens (tertiary/aromatic N) is 2. The molecule has 0 radical (unpaired) electrons. The third kappa shape index (κ3) is 3.30. The van der Waals surface area contributed by atoms with Crippen molar-refractivity contribution < 1.29 is 4.74 Å². The fourth-order valence-corrected chi connectivity index (χ4v) is 4.25. The first kappa shape index (κ1) is 15.6. The normalized spacial score (nSPS) is 15.7. The summed E-state index contributed by atoms with van der Waals surface area (Å²) in [5, 5.41) is 3.35. The summed E-state index contributed by atoms with van der Waals surface area (Å²) < 4.78 is 5.28. The van der Waals surface area contributed by atoms with Crippen LogP contribution in [-0.4, -0.2) is 30.1 Å². The number of benzene rings is 1. The van der Waals surface area contributed by atoms with Crippen LogP contribution in [0.1, 0.15) is 24.1 Å². The van der Waals surface area contributed by atoms with Crippen molar-refractivity contribution in [1.82, 2.24) is 9.88 Å². The zero-order chi connectivity index (χ0) is 16.4. The van der Waals surface area contributed by atoms with Crippen molar-refractivity contribution in [3.05, 3.63) is 46.7 Å². The van der Waals surface area contributed by atoms with E-state index in [1.807, 2.05) is 29.5 Å². The summed E-state index contributed by atoms with van der Waals surface area (Å²) in [6, 6.07) is 12.6. The van der Waals surface area contributed by atoms with Crippen LogP contribution in [-0.2, 0) is 6.54 Å². The van der Waals surface area contributed by atoms with Crippen LogP contribution in [0.3, 0.4) is 0 Å². The van der Waals surface area contributed by atoms with Crippen LogP contribution in [0, 0.1) is 0 Å². The molecule has 1 fully saturated rings. The van der Waals surface area contributed by atoms with Crippen LogP contribution >= 0.6 is 11.3 Å². The van der Waals surface area contributed by atoms with Crippen molar-refractivity contribution in [2.45, 2.75) is 25.8 Å². The first-order valence-corrected chi connectivity index (χ1v) is 9.45. The zero-order valence-corrected chi connectivity index (χ0v) is 14.8. The molecule has 3 aromatic rings. The van der Waals surface area contributed by atoms with Gasteiger partial charge in [-0.05, 0) is 56.3 Å². The topological polar surface area (TPSA) is 25.4 Å². The lowest BCUT2D eigenvalue weighted by Crippen LogP contribution is -2.28. The van der Waals surface area contributed by atoms with E-state index in [0.717, 1.165) is 28.9 Å². The Hall–Kier alpha value is -1.91. The van der Waals surface area contributed by atoms with Gasteiger partial charge in [-0.25, -0.2) is 4.98 Å². The van der Waals surface area contributed by atoms with Gasteiger partial charge in [0, 0.05) is 27.8 Å². The second-order valence-corrected chi connectivity index (χ2v) is 7.39. The summed E-state index contributed by atoms with van der Waals surface area (Å²) in [6.07, 6.45) is 4.07. The van der Waals surface area contributed by atoms with E-state index >= 15 is 0 Å². The van der Waals surface area contributed by atoms with E-state index in [1.165, 1.54) is 42.8 Å². The van der Waals surface area contributed by atoms with Gasteiger partial charge in [0.2, 0.25) is 0 Å². The van der Waals surface area contributed by atoms with Gasteiger partial charge in [-0.1, -0.05) is 12.5 Å². The molecule has 4 heteroatoms. The molecule has 0 atom stereocenters. The maximum atomic E-state index is 5.28. The zero-order valence-electron chi connectivity index (χ0n) is 14.0. The van der Waals surface area contributed by atoms with Crippen molar-refractivity contribution in [2.75, 3.05) is 20.2 Å². The molecule has 0 unspecified atom stereocenters. The highest BCUT2D eigenvalue weighted by molar-refractivity contribution is 7.10. The Balaban J connectivity index is 1.56. The summed E-state index contributed by atoms with van der Waals surface area (Å²) in [4.78, 5) is 8.82. The van der Waals surface area contributed by atoms with Crippen LogP contribution in [0.15, 0.2) is 41.8 Å². The Morgan fingerprint density at radius 2 is 1.96 bits per heavy atom. The van der Waals surface area contributed by atoms with E-state index < -0.39 is 0 Å². The Labute approximate surface area is 146 Å². The molecule has 4 rings (SSSR count). The second-order valence-electron chi connectivity index (χ2n) is 6.39. The monoisotopic (exact) mass is 338 g/mol. The molecule has 0 amide bonds. The number of ether oxygens (including phenoxy) is 1. The molecule has 0 bridgehead atoms. The van der Waals surface area contributed by atoms with Gasteiger partial charge < -0.3 is 4.74 Å². The molecule has 1 aliphatic rings. The van der Waals surface area contributed by atoms with E-state index in [-0.39, 0.29) is 0 Å². The molecule has 0 aliphatic carbocycles. The van der Waals surface area contributed by atoms with Crippen LogP contribution in [0.4, 0.5) is 0 Å². The van der Waals surface area contributed by atoms with Crippen molar-refractivity contribution in [3.63, 3.8) is 0 Å². The number of piperidine rings is 1. The van der Waals surface area contributed by atoms with E-state index in [2.05, 4.69) is 28.5 Å². The molecule has 2 aromatic heterocycles. The summed E-state index contributed by atoms with van der Waals surface area (Å²) in [5.41, 5.74) is 3.29. The first-order valence-electron chi connectivity index (χ1n) is 8.57. The standard InChI is InChI=1S/C20H22N2OS/c1-23-17-6-8-19-15(11-17)5-7-20(21-19)16-12-18(24-14-16)13-22-9-3-2-4-10-22/h5-8,11-12,14H,2-4,9-10,13H2,1H3. The quantitative estimate of drug-likeness (QED) is 0.672. The first-order chi connectivity index (χ1) is 11.8. The minimum atomic E-state index is 0.872. The highest BCUT2D eigenvalue weighted by Crippen LogP contribution is 2.28. The van der Waals surface area contributed by atoms with Gasteiger partial charge in [0.25, 0.3) is 0 Å². The third-order valence-electron chi connectivity index (χ3n) is 4.67. The highest BCUT2D eigenvalue weighted by Gasteiger charge is 2.12. The van der Waals surface area contributed by atoms with E-state index in [1.54, 1.807) is 7.11 Å². The predicted octanol–water partition coefficient (Wildman–Crippen LogP) is 4.96. The van der Waals surface area contributed by atoms with Crippen LogP contribution in [0.2, 0.25) is 0 Å². The molecule has 3 heterocycles. The van der Waals surface area contributed by atoms with Crippen LogP contribution < -0.4 is 4.74 Å². The molecular formula is C20H22N2OS. The van der Waals surface area contributed by atoms with Crippen LogP contribution in [0.5, 0.6) is 5.75 Å². The summed E-state index contributed by atoms with van der Waals surface area (Å²) in [6.45, 7) is 3.56. The average Bonchev–Trinajstić information content (AvgIpc) is 3.10. The molecule has 0 saturated carbocycles. The Kier molecular flexibility index (Phi) is 4.50. The third-order valence-corrected chi connectivity index (χ3v) is 5.60. The predicted molar refractivity (Wildman–Crippen MR) is 101 cm³/mol. The largest absolute Gasteiger partial charge is 0.497 e. The van der Waals surface area contributed by atoms with Crippen molar-refractivity contribution in [1.29, 1.82) is 0 Å². The average molecular weight is 338 g/mol. The lowest BCUT2D eigenvalue weighted by molar-refractivity contribution is 0.222. The molecule has 24 heavy (non-hydrogen) atoms. The number of hydrogen-bond donors (Lipinski definition) is 0. The summed E-state index contributed by atoms with van der Waals surface area (Å²) >= 11 is 1.85. The molecule has 0 N–H and O–H groups in total. The minimum absolute atomic E-state index is 0.872. The van der Waals surface area contributed by atoms with Crippen LogP contribution in [0.25, 0.3) is 22.2 Å². The molecule has 1 aromatic carbocycles. The summed E-state index contributed by atoms with van der Waals surface area (Å²) in [7, 11) is 1.69. The molecule has 1 saturated heterocycles. The Morgan fingerprint density at radius 3 is 2.79 bits per heavy atom. The van der Waals surface area contributed by atoms with E-state index in [0.29, 0.717) is 0 Å². The number of likely N-dealkylation sites (tertiary alicyclic amines) is 1. The Morgan fingerprint density at radius 1 is 1.08 bits per heavy atom. The van der Waals surface area contributed by atoms with Gasteiger partial charge in [-0.3, -0.25) is 4.90 Å². The molecular weight excluding hydrogens is 316 g/mol. The van der Waals surface area contributed by atoms with Crippen molar-refractivity contribution in [2.24, 2.45) is 0 Å². The maximum absolute atomic E-state index is 5.28.